The van der Waals surface area contributed by atoms with Crippen molar-refractivity contribution in [3.05, 3.63) is 23.8 Å². The summed E-state index contributed by atoms with van der Waals surface area (Å²) in [7, 11) is 0. The lowest BCUT2D eigenvalue weighted by atomic mass is 9.79. The van der Waals surface area contributed by atoms with Crippen LogP contribution in [-0.2, 0) is 4.74 Å². The molecule has 1 heterocycles. The third-order valence-electron chi connectivity index (χ3n) is 4.91. The Morgan fingerprint density at radius 2 is 2.00 bits per heavy atom. The lowest BCUT2D eigenvalue weighted by molar-refractivity contribution is 0.0606. The van der Waals surface area contributed by atoms with Gasteiger partial charge in [0.05, 0.1) is 12.7 Å². The summed E-state index contributed by atoms with van der Waals surface area (Å²) in [4.78, 5) is 2.54. The van der Waals surface area contributed by atoms with Crippen LogP contribution in [0.5, 0.6) is 0 Å². The van der Waals surface area contributed by atoms with Crippen molar-refractivity contribution in [2.75, 3.05) is 26.2 Å². The van der Waals surface area contributed by atoms with Crippen LogP contribution in [-0.4, -0.2) is 37.2 Å². The summed E-state index contributed by atoms with van der Waals surface area (Å²) in [5.74, 6) is 0. The van der Waals surface area contributed by atoms with Crippen LogP contribution >= 0.6 is 0 Å². The standard InChI is InChI=1S/C18H31NO/c1-4-18(2,3)16-8-10-17(11-9-16)20-15-14-19-12-6-5-7-13-19/h8-10,17H,4-7,11-15H2,1-3H3. The van der Waals surface area contributed by atoms with E-state index in [0.717, 1.165) is 19.6 Å². The normalized spacial score (nSPS) is 24.8. The van der Waals surface area contributed by atoms with E-state index < -0.39 is 0 Å². The molecule has 0 N–H and O–H groups in total. The molecule has 2 rings (SSSR count). The largest absolute Gasteiger partial charge is 0.372 e. The van der Waals surface area contributed by atoms with Crippen LogP contribution in [0.4, 0.5) is 0 Å². The van der Waals surface area contributed by atoms with Crippen molar-refractivity contribution in [3.63, 3.8) is 0 Å². The summed E-state index contributed by atoms with van der Waals surface area (Å²) in [6.07, 6.45) is 13.5. The van der Waals surface area contributed by atoms with Gasteiger partial charge in [-0.25, -0.2) is 0 Å². The predicted molar refractivity (Wildman–Crippen MR) is 85.9 cm³/mol. The summed E-state index contributed by atoms with van der Waals surface area (Å²) in [5.41, 5.74) is 1.77. The van der Waals surface area contributed by atoms with Crippen LogP contribution in [0.2, 0.25) is 0 Å². The van der Waals surface area contributed by atoms with Gasteiger partial charge in [0.1, 0.15) is 0 Å². The maximum atomic E-state index is 6.01. The SMILES string of the molecule is CCC(C)(C)C1=CCC(OCCN2CCCCC2)C=C1. The molecular formula is C18H31NO. The fraction of sp³-hybridized carbons (Fsp3) is 0.778. The van der Waals surface area contributed by atoms with Crippen molar-refractivity contribution in [2.45, 2.75) is 59.0 Å². The fourth-order valence-electron chi connectivity index (χ4n) is 2.95. The molecule has 0 spiro atoms. The molecule has 0 aromatic heterocycles. The molecule has 2 heteroatoms. The smallest absolute Gasteiger partial charge is 0.0794 e. The lowest BCUT2D eigenvalue weighted by Gasteiger charge is -2.29. The van der Waals surface area contributed by atoms with Gasteiger partial charge in [0.15, 0.2) is 0 Å². The van der Waals surface area contributed by atoms with Gasteiger partial charge in [0.25, 0.3) is 0 Å². The number of hydrogen-bond donors (Lipinski definition) is 0. The Balaban J connectivity index is 1.68. The average Bonchev–Trinajstić information content (AvgIpc) is 2.49. The molecule has 1 aliphatic carbocycles. The Kier molecular flexibility index (Phi) is 5.86. The molecule has 0 radical (unpaired) electrons. The predicted octanol–water partition coefficient (Wildman–Crippen LogP) is 4.18. The molecule has 1 unspecified atom stereocenters. The van der Waals surface area contributed by atoms with Gasteiger partial charge in [-0.05, 0) is 49.8 Å². The minimum absolute atomic E-state index is 0.288. The summed E-state index contributed by atoms with van der Waals surface area (Å²) in [6.45, 7) is 11.4. The third kappa shape index (κ3) is 4.46. The summed E-state index contributed by atoms with van der Waals surface area (Å²) in [6, 6.07) is 0. The zero-order chi connectivity index (χ0) is 14.4. The molecular weight excluding hydrogens is 246 g/mol. The van der Waals surface area contributed by atoms with Gasteiger partial charge in [-0.2, -0.15) is 0 Å². The Hall–Kier alpha value is -0.600. The zero-order valence-electron chi connectivity index (χ0n) is 13.5. The number of ether oxygens (including phenoxy) is 1. The molecule has 1 atom stereocenters. The van der Waals surface area contributed by atoms with Crippen LogP contribution in [0.15, 0.2) is 23.8 Å². The average molecular weight is 277 g/mol. The van der Waals surface area contributed by atoms with E-state index in [9.17, 15) is 0 Å². The molecule has 20 heavy (non-hydrogen) atoms. The molecule has 0 aromatic rings. The molecule has 1 fully saturated rings. The highest BCUT2D eigenvalue weighted by molar-refractivity contribution is 5.29. The second kappa shape index (κ2) is 7.42. The number of nitrogens with zero attached hydrogens (tertiary/aromatic N) is 1. The first-order valence-corrected chi connectivity index (χ1v) is 8.34. The van der Waals surface area contributed by atoms with Crippen LogP contribution in [0, 0.1) is 5.41 Å². The summed E-state index contributed by atoms with van der Waals surface area (Å²) in [5, 5.41) is 0. The van der Waals surface area contributed by atoms with Crippen LogP contribution in [0.3, 0.4) is 0 Å². The van der Waals surface area contributed by atoms with Gasteiger partial charge >= 0.3 is 0 Å². The molecule has 1 saturated heterocycles. The number of piperidine rings is 1. The van der Waals surface area contributed by atoms with Gasteiger partial charge in [0.2, 0.25) is 0 Å². The maximum Gasteiger partial charge on any atom is 0.0794 e. The lowest BCUT2D eigenvalue weighted by Crippen LogP contribution is -2.33. The van der Waals surface area contributed by atoms with Crippen LogP contribution in [0.1, 0.15) is 52.9 Å². The van der Waals surface area contributed by atoms with Crippen molar-refractivity contribution in [1.82, 2.24) is 4.90 Å². The van der Waals surface area contributed by atoms with E-state index in [4.69, 9.17) is 4.74 Å². The second-order valence-corrected chi connectivity index (χ2v) is 6.80. The zero-order valence-corrected chi connectivity index (χ0v) is 13.5. The highest BCUT2D eigenvalue weighted by Crippen LogP contribution is 2.33. The second-order valence-electron chi connectivity index (χ2n) is 6.80. The molecule has 1 aliphatic heterocycles. The number of allylic oxidation sites excluding steroid dienone is 2. The van der Waals surface area contributed by atoms with Crippen molar-refractivity contribution in [2.24, 2.45) is 5.41 Å². The first-order valence-electron chi connectivity index (χ1n) is 8.34. The Morgan fingerprint density at radius 1 is 1.25 bits per heavy atom. The van der Waals surface area contributed by atoms with E-state index in [1.54, 1.807) is 0 Å². The van der Waals surface area contributed by atoms with Crippen molar-refractivity contribution in [3.8, 4) is 0 Å². The molecule has 0 saturated carbocycles. The molecule has 0 aromatic carbocycles. The summed E-state index contributed by atoms with van der Waals surface area (Å²) < 4.78 is 6.01. The molecule has 0 amide bonds. The maximum absolute atomic E-state index is 6.01. The van der Waals surface area contributed by atoms with E-state index in [1.807, 2.05) is 0 Å². The molecule has 0 bridgehead atoms. The number of likely N-dealkylation sites (tertiary alicyclic amines) is 1. The van der Waals surface area contributed by atoms with Crippen molar-refractivity contribution >= 4 is 0 Å². The van der Waals surface area contributed by atoms with Gasteiger partial charge in [-0.1, -0.05) is 45.4 Å². The summed E-state index contributed by atoms with van der Waals surface area (Å²) >= 11 is 0. The topological polar surface area (TPSA) is 12.5 Å². The monoisotopic (exact) mass is 277 g/mol. The molecule has 114 valence electrons. The van der Waals surface area contributed by atoms with Crippen LogP contribution < -0.4 is 0 Å². The number of hydrogen-bond acceptors (Lipinski definition) is 2. The van der Waals surface area contributed by atoms with E-state index in [1.165, 1.54) is 44.3 Å². The first-order chi connectivity index (χ1) is 9.62. The highest BCUT2D eigenvalue weighted by atomic mass is 16.5. The van der Waals surface area contributed by atoms with Gasteiger partial charge in [-0.3, -0.25) is 0 Å². The van der Waals surface area contributed by atoms with E-state index >= 15 is 0 Å². The van der Waals surface area contributed by atoms with Gasteiger partial charge < -0.3 is 9.64 Å². The van der Waals surface area contributed by atoms with E-state index in [2.05, 4.69) is 43.9 Å². The highest BCUT2D eigenvalue weighted by Gasteiger charge is 2.21. The minimum Gasteiger partial charge on any atom is -0.372 e. The minimum atomic E-state index is 0.288. The third-order valence-corrected chi connectivity index (χ3v) is 4.91. The first kappa shape index (κ1) is 15.8. The van der Waals surface area contributed by atoms with Crippen molar-refractivity contribution in [1.29, 1.82) is 0 Å². The molecule has 2 nitrogen and oxygen atoms in total. The quantitative estimate of drug-likeness (QED) is 0.722. The van der Waals surface area contributed by atoms with Crippen LogP contribution in [0.25, 0.3) is 0 Å². The van der Waals surface area contributed by atoms with Gasteiger partial charge in [-0.15, -0.1) is 0 Å². The number of rotatable bonds is 6. The Morgan fingerprint density at radius 3 is 2.60 bits per heavy atom. The van der Waals surface area contributed by atoms with E-state index in [-0.39, 0.29) is 6.10 Å². The van der Waals surface area contributed by atoms with Gasteiger partial charge in [0, 0.05) is 6.54 Å². The molecule has 2 aliphatic rings. The van der Waals surface area contributed by atoms with E-state index in [0.29, 0.717) is 5.41 Å². The Labute approximate surface area is 124 Å². The fourth-order valence-corrected chi connectivity index (χ4v) is 2.95. The Bertz CT molecular complexity index is 350. The van der Waals surface area contributed by atoms with Crippen molar-refractivity contribution < 1.29 is 4.74 Å².